The molecular formula is C19H19NO3. The molecule has 0 N–H and O–H groups in total. The van der Waals surface area contributed by atoms with E-state index in [1.165, 1.54) is 0 Å². The lowest BCUT2D eigenvalue weighted by molar-refractivity contribution is -0.137. The van der Waals surface area contributed by atoms with Gasteiger partial charge in [-0.15, -0.1) is 0 Å². The minimum Gasteiger partial charge on any atom is -0.497 e. The average Bonchev–Trinajstić information content (AvgIpc) is 2.60. The van der Waals surface area contributed by atoms with E-state index in [4.69, 9.17) is 9.47 Å². The van der Waals surface area contributed by atoms with Gasteiger partial charge in [-0.1, -0.05) is 42.5 Å². The Hall–Kier alpha value is -2.59. The van der Waals surface area contributed by atoms with Crippen LogP contribution in [0.15, 0.2) is 60.7 Å². The first-order chi connectivity index (χ1) is 11.2. The van der Waals surface area contributed by atoms with Crippen LogP contribution in [0.1, 0.15) is 5.56 Å². The lowest BCUT2D eigenvalue weighted by atomic mass is 9.95. The first kappa shape index (κ1) is 15.3. The van der Waals surface area contributed by atoms with Gasteiger partial charge in [-0.2, -0.15) is 0 Å². The number of benzene rings is 2. The Balaban J connectivity index is 1.83. The van der Waals surface area contributed by atoms with E-state index < -0.39 is 6.10 Å². The first-order valence-corrected chi connectivity index (χ1v) is 7.48. The predicted molar refractivity (Wildman–Crippen MR) is 90.5 cm³/mol. The van der Waals surface area contributed by atoms with E-state index in [0.717, 1.165) is 17.0 Å². The lowest BCUT2D eigenvalue weighted by Gasteiger charge is -2.44. The summed E-state index contributed by atoms with van der Waals surface area (Å²) < 4.78 is 10.5. The summed E-state index contributed by atoms with van der Waals surface area (Å²) in [5.41, 5.74) is 1.93. The number of anilines is 1. The molecule has 0 bridgehead atoms. The normalized spacial score (nSPS) is 20.6. The highest BCUT2D eigenvalue weighted by atomic mass is 16.5. The van der Waals surface area contributed by atoms with Crippen LogP contribution in [-0.4, -0.2) is 32.3 Å². The summed E-state index contributed by atoms with van der Waals surface area (Å²) in [5, 5.41) is 0. The number of methoxy groups -OCH3 is 2. The largest absolute Gasteiger partial charge is 0.497 e. The van der Waals surface area contributed by atoms with Crippen molar-refractivity contribution in [2.75, 3.05) is 19.1 Å². The number of nitrogens with zero attached hydrogens (tertiary/aromatic N) is 1. The van der Waals surface area contributed by atoms with Crippen LogP contribution in [0.25, 0.3) is 6.08 Å². The van der Waals surface area contributed by atoms with E-state index in [9.17, 15) is 4.79 Å². The SMILES string of the molecule is COc1ccc(N2C(=O)[C@@H](OC)[C@H]2/C=C/c2ccccc2)cc1. The van der Waals surface area contributed by atoms with Crippen LogP contribution in [0, 0.1) is 0 Å². The van der Waals surface area contributed by atoms with Crippen LogP contribution in [0.2, 0.25) is 0 Å². The molecule has 2 aromatic carbocycles. The van der Waals surface area contributed by atoms with Crippen LogP contribution >= 0.6 is 0 Å². The summed E-state index contributed by atoms with van der Waals surface area (Å²) in [7, 11) is 3.19. The number of carbonyl (C=O) groups excluding carboxylic acids is 1. The molecule has 1 saturated heterocycles. The molecule has 1 aliphatic rings. The molecule has 118 valence electrons. The Morgan fingerprint density at radius 1 is 1.00 bits per heavy atom. The zero-order chi connectivity index (χ0) is 16.2. The molecule has 23 heavy (non-hydrogen) atoms. The van der Waals surface area contributed by atoms with Crippen LogP contribution < -0.4 is 9.64 Å². The van der Waals surface area contributed by atoms with E-state index in [1.54, 1.807) is 19.1 Å². The minimum absolute atomic E-state index is 0.0274. The minimum atomic E-state index is -0.433. The molecule has 0 spiro atoms. The van der Waals surface area contributed by atoms with Crippen LogP contribution in [0.3, 0.4) is 0 Å². The number of hydrogen-bond donors (Lipinski definition) is 0. The van der Waals surface area contributed by atoms with Crippen molar-refractivity contribution >= 4 is 17.7 Å². The molecule has 1 aliphatic heterocycles. The Morgan fingerprint density at radius 2 is 1.70 bits per heavy atom. The highest BCUT2D eigenvalue weighted by molar-refractivity contribution is 6.05. The maximum Gasteiger partial charge on any atom is 0.259 e. The van der Waals surface area contributed by atoms with Crippen LogP contribution in [-0.2, 0) is 9.53 Å². The molecule has 0 aromatic heterocycles. The van der Waals surface area contributed by atoms with Crippen molar-refractivity contribution in [1.82, 2.24) is 0 Å². The molecule has 4 heteroatoms. The van der Waals surface area contributed by atoms with Crippen LogP contribution in [0.4, 0.5) is 5.69 Å². The Bertz CT molecular complexity index is 694. The zero-order valence-electron chi connectivity index (χ0n) is 13.2. The summed E-state index contributed by atoms with van der Waals surface area (Å²) in [6.45, 7) is 0. The van der Waals surface area contributed by atoms with Crippen molar-refractivity contribution in [1.29, 1.82) is 0 Å². The summed E-state index contributed by atoms with van der Waals surface area (Å²) >= 11 is 0. The highest BCUT2D eigenvalue weighted by Crippen LogP contribution is 2.32. The van der Waals surface area contributed by atoms with Gasteiger partial charge in [0.1, 0.15) is 5.75 Å². The number of carbonyl (C=O) groups is 1. The predicted octanol–water partition coefficient (Wildman–Crippen LogP) is 3.14. The van der Waals surface area contributed by atoms with Gasteiger partial charge >= 0.3 is 0 Å². The van der Waals surface area contributed by atoms with Gasteiger partial charge in [0.25, 0.3) is 5.91 Å². The van der Waals surface area contributed by atoms with Crippen molar-refractivity contribution in [3.05, 3.63) is 66.2 Å². The van der Waals surface area contributed by atoms with E-state index in [-0.39, 0.29) is 11.9 Å². The van der Waals surface area contributed by atoms with Gasteiger partial charge < -0.3 is 9.47 Å². The van der Waals surface area contributed by atoms with Crippen molar-refractivity contribution in [3.63, 3.8) is 0 Å². The topological polar surface area (TPSA) is 38.8 Å². The second-order valence-corrected chi connectivity index (χ2v) is 5.32. The molecule has 4 nitrogen and oxygen atoms in total. The Kier molecular flexibility index (Phi) is 4.44. The summed E-state index contributed by atoms with van der Waals surface area (Å²) in [6.07, 6.45) is 3.59. The number of hydrogen-bond acceptors (Lipinski definition) is 3. The fourth-order valence-corrected chi connectivity index (χ4v) is 2.73. The maximum absolute atomic E-state index is 12.3. The molecular weight excluding hydrogens is 290 g/mol. The number of ether oxygens (including phenoxy) is 2. The van der Waals surface area contributed by atoms with E-state index in [1.807, 2.05) is 66.7 Å². The quantitative estimate of drug-likeness (QED) is 0.797. The van der Waals surface area contributed by atoms with Gasteiger partial charge in [-0.05, 0) is 29.8 Å². The van der Waals surface area contributed by atoms with Crippen LogP contribution in [0.5, 0.6) is 5.75 Å². The van der Waals surface area contributed by atoms with Gasteiger partial charge in [-0.3, -0.25) is 9.69 Å². The number of amides is 1. The monoisotopic (exact) mass is 309 g/mol. The smallest absolute Gasteiger partial charge is 0.259 e. The average molecular weight is 309 g/mol. The Morgan fingerprint density at radius 3 is 2.30 bits per heavy atom. The summed E-state index contributed by atoms with van der Waals surface area (Å²) in [5.74, 6) is 0.738. The molecule has 1 fully saturated rings. The fourth-order valence-electron chi connectivity index (χ4n) is 2.73. The van der Waals surface area contributed by atoms with Crippen molar-refractivity contribution < 1.29 is 14.3 Å². The number of β-lactam (4-membered cyclic amide) rings is 1. The maximum atomic E-state index is 12.3. The van der Waals surface area contributed by atoms with E-state index >= 15 is 0 Å². The number of rotatable bonds is 5. The zero-order valence-corrected chi connectivity index (χ0v) is 13.2. The molecule has 2 atom stereocenters. The van der Waals surface area contributed by atoms with Crippen molar-refractivity contribution in [2.45, 2.75) is 12.1 Å². The van der Waals surface area contributed by atoms with Gasteiger partial charge in [0, 0.05) is 12.8 Å². The molecule has 3 rings (SSSR count). The van der Waals surface area contributed by atoms with Crippen molar-refractivity contribution in [3.8, 4) is 5.75 Å². The molecule has 0 unspecified atom stereocenters. The molecule has 2 aromatic rings. The van der Waals surface area contributed by atoms with Gasteiger partial charge in [0.05, 0.1) is 13.2 Å². The summed E-state index contributed by atoms with van der Waals surface area (Å²) in [4.78, 5) is 14.0. The first-order valence-electron chi connectivity index (χ1n) is 7.48. The molecule has 0 radical (unpaired) electrons. The third-order valence-electron chi connectivity index (χ3n) is 3.98. The second-order valence-electron chi connectivity index (χ2n) is 5.32. The third-order valence-corrected chi connectivity index (χ3v) is 3.98. The highest BCUT2D eigenvalue weighted by Gasteiger charge is 2.47. The molecule has 0 aliphatic carbocycles. The summed E-state index contributed by atoms with van der Waals surface area (Å²) in [6, 6.07) is 17.3. The fraction of sp³-hybridized carbons (Fsp3) is 0.211. The molecule has 0 saturated carbocycles. The lowest BCUT2D eigenvalue weighted by Crippen LogP contribution is -2.65. The van der Waals surface area contributed by atoms with E-state index in [2.05, 4.69) is 0 Å². The Labute approximate surface area is 135 Å². The third kappa shape index (κ3) is 2.98. The van der Waals surface area contributed by atoms with Crippen molar-refractivity contribution in [2.24, 2.45) is 0 Å². The van der Waals surface area contributed by atoms with E-state index in [0.29, 0.717) is 0 Å². The van der Waals surface area contributed by atoms with Gasteiger partial charge in [0.2, 0.25) is 0 Å². The second kappa shape index (κ2) is 6.67. The molecule has 1 amide bonds. The van der Waals surface area contributed by atoms with Gasteiger partial charge in [0.15, 0.2) is 6.10 Å². The van der Waals surface area contributed by atoms with Gasteiger partial charge in [-0.25, -0.2) is 0 Å². The standard InChI is InChI=1S/C19H19NO3/c1-22-16-11-9-15(10-12-16)20-17(18(23-2)19(20)21)13-8-14-6-4-3-5-7-14/h3-13,17-18H,1-2H3/b13-8+/t17-,18+/m1/s1. The molecule has 1 heterocycles.